The minimum absolute atomic E-state index is 0.00800. The summed E-state index contributed by atoms with van der Waals surface area (Å²) >= 11 is 0. The highest BCUT2D eigenvalue weighted by molar-refractivity contribution is 5.94. The second-order valence-electron chi connectivity index (χ2n) is 5.63. The monoisotopic (exact) mass is 358 g/mol. The third-order valence-corrected chi connectivity index (χ3v) is 3.75. The summed E-state index contributed by atoms with van der Waals surface area (Å²) in [6.07, 6.45) is 0.898. The second-order valence-corrected chi connectivity index (χ2v) is 5.63. The Hall–Kier alpha value is -2.89. The largest absolute Gasteiger partial charge is 0.494 e. The molecule has 0 unspecified atom stereocenters. The Morgan fingerprint density at radius 3 is 2.46 bits per heavy atom. The van der Waals surface area contributed by atoms with E-state index in [9.17, 15) is 14.0 Å². The minimum Gasteiger partial charge on any atom is -0.494 e. The van der Waals surface area contributed by atoms with Gasteiger partial charge in [0.15, 0.2) is 0 Å². The zero-order valence-corrected chi connectivity index (χ0v) is 14.8. The summed E-state index contributed by atoms with van der Waals surface area (Å²) in [5, 5.41) is 5.32. The third kappa shape index (κ3) is 5.88. The van der Waals surface area contributed by atoms with Crippen LogP contribution in [0.25, 0.3) is 0 Å². The highest BCUT2D eigenvalue weighted by Crippen LogP contribution is 2.19. The maximum absolute atomic E-state index is 13.5. The molecule has 0 radical (unpaired) electrons. The number of carbonyl (C=O) groups is 2. The van der Waals surface area contributed by atoms with Gasteiger partial charge in [-0.05, 0) is 37.1 Å². The van der Waals surface area contributed by atoms with Gasteiger partial charge < -0.3 is 15.4 Å². The van der Waals surface area contributed by atoms with Crippen LogP contribution in [0.2, 0.25) is 0 Å². The van der Waals surface area contributed by atoms with Crippen LogP contribution in [0.5, 0.6) is 5.75 Å². The molecule has 0 saturated heterocycles. The highest BCUT2D eigenvalue weighted by atomic mass is 19.1. The lowest BCUT2D eigenvalue weighted by Crippen LogP contribution is -2.35. The Bertz CT molecular complexity index is 749. The summed E-state index contributed by atoms with van der Waals surface area (Å²) in [6, 6.07) is 13.4. The molecule has 2 aromatic carbocycles. The number of ether oxygens (including phenoxy) is 1. The van der Waals surface area contributed by atoms with Crippen LogP contribution in [0.1, 0.15) is 29.3 Å². The first kappa shape index (κ1) is 19.4. The van der Waals surface area contributed by atoms with Crippen LogP contribution < -0.4 is 15.4 Å². The molecule has 2 N–H and O–H groups in total. The lowest BCUT2D eigenvalue weighted by molar-refractivity contribution is -0.121. The van der Waals surface area contributed by atoms with Gasteiger partial charge in [0.25, 0.3) is 5.91 Å². The number of aryl methyl sites for hydroxylation is 1. The first-order chi connectivity index (χ1) is 12.6. The summed E-state index contributed by atoms with van der Waals surface area (Å²) in [4.78, 5) is 23.8. The zero-order chi connectivity index (χ0) is 18.8. The fourth-order valence-electron chi connectivity index (χ4n) is 2.46. The van der Waals surface area contributed by atoms with Crippen molar-refractivity contribution in [2.75, 3.05) is 19.7 Å². The smallest absolute Gasteiger partial charge is 0.254 e. The van der Waals surface area contributed by atoms with Gasteiger partial charge in [0, 0.05) is 19.5 Å². The van der Waals surface area contributed by atoms with Gasteiger partial charge in [-0.1, -0.05) is 30.3 Å². The Kier molecular flexibility index (Phi) is 7.61. The van der Waals surface area contributed by atoms with Crippen molar-refractivity contribution in [1.29, 1.82) is 0 Å². The Labute approximate surface area is 152 Å². The number of halogens is 1. The summed E-state index contributed by atoms with van der Waals surface area (Å²) < 4.78 is 19.0. The second kappa shape index (κ2) is 10.2. The summed E-state index contributed by atoms with van der Waals surface area (Å²) in [5.74, 6) is -0.388. The van der Waals surface area contributed by atoms with E-state index in [0.29, 0.717) is 19.4 Å². The number of rotatable bonds is 9. The lowest BCUT2D eigenvalue weighted by Gasteiger charge is -2.10. The first-order valence-electron chi connectivity index (χ1n) is 8.62. The number of para-hydroxylation sites is 1. The molecule has 26 heavy (non-hydrogen) atoms. The number of nitrogens with one attached hydrogen (secondary N) is 2. The lowest BCUT2D eigenvalue weighted by atomic mass is 10.1. The van der Waals surface area contributed by atoms with Crippen molar-refractivity contribution >= 4 is 11.8 Å². The van der Waals surface area contributed by atoms with Crippen LogP contribution in [-0.4, -0.2) is 31.5 Å². The topological polar surface area (TPSA) is 67.4 Å². The van der Waals surface area contributed by atoms with E-state index in [0.717, 1.165) is 11.3 Å². The van der Waals surface area contributed by atoms with Gasteiger partial charge in [-0.25, -0.2) is 4.39 Å². The van der Waals surface area contributed by atoms with E-state index >= 15 is 0 Å². The summed E-state index contributed by atoms with van der Waals surface area (Å²) in [6.45, 7) is 3.00. The standard InChI is InChI=1S/C20H23FN2O3/c1-2-26-18-10-6-3-7-15(18)11-12-19(24)22-13-14-23-20(25)16-8-4-5-9-17(16)21/h3-10H,2,11-14H2,1H3,(H,22,24)(H,23,25). The van der Waals surface area contributed by atoms with Crippen LogP contribution in [0.4, 0.5) is 4.39 Å². The van der Waals surface area contributed by atoms with E-state index < -0.39 is 11.7 Å². The number of amides is 2. The van der Waals surface area contributed by atoms with E-state index in [1.165, 1.54) is 18.2 Å². The molecule has 0 aliphatic carbocycles. The molecule has 0 fully saturated rings. The summed E-state index contributed by atoms with van der Waals surface area (Å²) in [5.41, 5.74) is 0.976. The van der Waals surface area contributed by atoms with Crippen LogP contribution in [-0.2, 0) is 11.2 Å². The molecule has 0 spiro atoms. The highest BCUT2D eigenvalue weighted by Gasteiger charge is 2.10. The minimum atomic E-state index is -0.568. The molecular formula is C20H23FN2O3. The molecule has 0 aliphatic rings. The molecule has 2 amide bonds. The van der Waals surface area contributed by atoms with Crippen LogP contribution in [0.15, 0.2) is 48.5 Å². The van der Waals surface area contributed by atoms with Gasteiger partial charge in [0.05, 0.1) is 12.2 Å². The maximum Gasteiger partial charge on any atom is 0.254 e. The van der Waals surface area contributed by atoms with Crippen molar-refractivity contribution < 1.29 is 18.7 Å². The Morgan fingerprint density at radius 2 is 1.69 bits per heavy atom. The predicted molar refractivity (Wildman–Crippen MR) is 97.7 cm³/mol. The molecule has 5 nitrogen and oxygen atoms in total. The summed E-state index contributed by atoms with van der Waals surface area (Å²) in [7, 11) is 0. The predicted octanol–water partition coefficient (Wildman–Crippen LogP) is 2.70. The molecule has 0 aliphatic heterocycles. The molecule has 2 rings (SSSR count). The van der Waals surface area contributed by atoms with E-state index in [2.05, 4.69) is 10.6 Å². The van der Waals surface area contributed by atoms with Crippen molar-refractivity contribution in [1.82, 2.24) is 10.6 Å². The van der Waals surface area contributed by atoms with E-state index in [1.54, 1.807) is 6.07 Å². The van der Waals surface area contributed by atoms with Crippen molar-refractivity contribution in [2.24, 2.45) is 0 Å². The molecule has 2 aromatic rings. The van der Waals surface area contributed by atoms with Crippen molar-refractivity contribution in [3.8, 4) is 5.75 Å². The van der Waals surface area contributed by atoms with Crippen molar-refractivity contribution in [2.45, 2.75) is 19.8 Å². The number of carbonyl (C=O) groups excluding carboxylic acids is 2. The van der Waals surface area contributed by atoms with Gasteiger partial charge in [0.2, 0.25) is 5.91 Å². The van der Waals surface area contributed by atoms with Crippen LogP contribution in [0.3, 0.4) is 0 Å². The van der Waals surface area contributed by atoms with Crippen molar-refractivity contribution in [3.05, 3.63) is 65.5 Å². The number of hydrogen-bond donors (Lipinski definition) is 2. The average Bonchev–Trinajstić information content (AvgIpc) is 2.65. The first-order valence-corrected chi connectivity index (χ1v) is 8.62. The number of benzene rings is 2. The SMILES string of the molecule is CCOc1ccccc1CCC(=O)NCCNC(=O)c1ccccc1F. The van der Waals surface area contributed by atoms with E-state index in [4.69, 9.17) is 4.74 Å². The fraction of sp³-hybridized carbons (Fsp3) is 0.300. The normalized spacial score (nSPS) is 10.2. The molecule has 0 saturated carbocycles. The molecule has 0 heterocycles. The zero-order valence-electron chi connectivity index (χ0n) is 14.8. The van der Waals surface area contributed by atoms with Crippen molar-refractivity contribution in [3.63, 3.8) is 0 Å². The van der Waals surface area contributed by atoms with Gasteiger partial charge in [0.1, 0.15) is 11.6 Å². The van der Waals surface area contributed by atoms with Gasteiger partial charge >= 0.3 is 0 Å². The maximum atomic E-state index is 13.5. The van der Waals surface area contributed by atoms with E-state index in [-0.39, 0.29) is 24.6 Å². The van der Waals surface area contributed by atoms with Gasteiger partial charge in [-0.2, -0.15) is 0 Å². The Morgan fingerprint density at radius 1 is 1.00 bits per heavy atom. The molecule has 6 heteroatoms. The fourth-order valence-corrected chi connectivity index (χ4v) is 2.46. The Balaban J connectivity index is 1.70. The molecule has 0 atom stereocenters. The molecule has 0 aromatic heterocycles. The van der Waals surface area contributed by atoms with E-state index in [1.807, 2.05) is 31.2 Å². The average molecular weight is 358 g/mol. The quantitative estimate of drug-likeness (QED) is 0.677. The number of hydrogen-bond acceptors (Lipinski definition) is 3. The van der Waals surface area contributed by atoms with Crippen LogP contribution in [0, 0.1) is 5.82 Å². The molecule has 138 valence electrons. The van der Waals surface area contributed by atoms with Gasteiger partial charge in [-0.15, -0.1) is 0 Å². The molecule has 0 bridgehead atoms. The van der Waals surface area contributed by atoms with Crippen LogP contribution >= 0.6 is 0 Å². The third-order valence-electron chi connectivity index (χ3n) is 3.75. The van der Waals surface area contributed by atoms with Gasteiger partial charge in [-0.3, -0.25) is 9.59 Å². The molecular weight excluding hydrogens is 335 g/mol.